The molecule has 0 aromatic heterocycles. The number of nitrogens with zero attached hydrogens (tertiary/aromatic N) is 1. The summed E-state index contributed by atoms with van der Waals surface area (Å²) in [5.41, 5.74) is -1.60. The molecule has 19 atom stereocenters. The SMILES string of the molecule is CC[C@@H](O)[C@@](C)(O)[C@@H]1OC(=O)[C@H](C)[C@@H](O[C@H]2CC(C)(OC)[C@@H](O)C(C)O2)[C@H](C)[C@@H](O[C@@H]2OC(C)CC(N(Cc3ccccc3)Cc3ccccc3)C2O)[C@@]2(C)CC(C)C(O2)[C@@H]1C. The molecule has 0 spiro atoms. The van der Waals surface area contributed by atoms with E-state index < -0.39 is 102 Å². The van der Waals surface area contributed by atoms with E-state index in [1.807, 2.05) is 64.1 Å². The van der Waals surface area contributed by atoms with E-state index in [2.05, 4.69) is 36.1 Å². The minimum Gasteiger partial charge on any atom is -0.459 e. The van der Waals surface area contributed by atoms with Crippen molar-refractivity contribution in [2.24, 2.45) is 23.7 Å². The Labute approximate surface area is 369 Å². The number of carbonyl (C=O) groups excluding carboxylic acids is 1. The van der Waals surface area contributed by atoms with Crippen LogP contribution in [-0.4, -0.2) is 129 Å². The third-order valence-electron chi connectivity index (χ3n) is 14.6. The lowest BCUT2D eigenvalue weighted by Crippen LogP contribution is -2.60. The van der Waals surface area contributed by atoms with Gasteiger partial charge in [0.25, 0.3) is 0 Å². The molecule has 2 bridgehead atoms. The number of methoxy groups -OCH3 is 1. The zero-order valence-electron chi connectivity index (χ0n) is 38.8. The second kappa shape index (κ2) is 19.9. The van der Waals surface area contributed by atoms with Gasteiger partial charge in [0.15, 0.2) is 12.6 Å². The van der Waals surface area contributed by atoms with E-state index in [1.54, 1.807) is 27.7 Å². The van der Waals surface area contributed by atoms with Gasteiger partial charge in [-0.1, -0.05) is 88.4 Å². The van der Waals surface area contributed by atoms with Crippen LogP contribution in [0.2, 0.25) is 0 Å². The van der Waals surface area contributed by atoms with Gasteiger partial charge in [-0.15, -0.1) is 0 Å². The predicted molar refractivity (Wildman–Crippen MR) is 232 cm³/mol. The third kappa shape index (κ3) is 10.3. The molecule has 13 nitrogen and oxygen atoms in total. The van der Waals surface area contributed by atoms with E-state index in [-0.39, 0.29) is 30.9 Å². The quantitative estimate of drug-likeness (QED) is 0.180. The van der Waals surface area contributed by atoms with E-state index in [1.165, 1.54) is 14.0 Å². The highest BCUT2D eigenvalue weighted by molar-refractivity contribution is 5.73. The van der Waals surface area contributed by atoms with Gasteiger partial charge >= 0.3 is 5.97 Å². The van der Waals surface area contributed by atoms with Crippen LogP contribution in [0.3, 0.4) is 0 Å². The van der Waals surface area contributed by atoms with Gasteiger partial charge in [0.1, 0.15) is 23.9 Å². The van der Waals surface area contributed by atoms with Crippen molar-refractivity contribution in [3.63, 3.8) is 0 Å². The number of fused-ring (bicyclic) bond motifs is 2. The van der Waals surface area contributed by atoms with Crippen molar-refractivity contribution < 1.29 is 58.4 Å². The molecule has 0 saturated carbocycles. The second-order valence-corrected chi connectivity index (χ2v) is 19.7. The van der Waals surface area contributed by atoms with Crippen molar-refractivity contribution >= 4 is 5.97 Å². The van der Waals surface area contributed by atoms with Gasteiger partial charge in [0.05, 0.1) is 53.7 Å². The first-order valence-electron chi connectivity index (χ1n) is 22.9. The normalized spacial score (nSPS) is 42.1. The van der Waals surface area contributed by atoms with Crippen LogP contribution >= 0.6 is 0 Å². The van der Waals surface area contributed by atoms with E-state index >= 15 is 0 Å². The molecule has 4 aliphatic heterocycles. The number of rotatable bonds is 13. The lowest BCUT2D eigenvalue weighted by atomic mass is 9.76. The van der Waals surface area contributed by atoms with Gasteiger partial charge < -0.3 is 53.6 Å². The first-order chi connectivity index (χ1) is 29.2. The molecule has 4 saturated heterocycles. The average Bonchev–Trinajstić information content (AvgIpc) is 3.56. The highest BCUT2D eigenvalue weighted by Crippen LogP contribution is 2.48. The number of esters is 1. The minimum absolute atomic E-state index is 0.0946. The molecule has 0 aliphatic carbocycles. The van der Waals surface area contributed by atoms with Crippen LogP contribution in [-0.2, 0) is 51.0 Å². The molecule has 0 amide bonds. The van der Waals surface area contributed by atoms with E-state index in [0.717, 1.165) is 11.1 Å². The fourth-order valence-electron chi connectivity index (χ4n) is 11.0. The predicted octanol–water partition coefficient (Wildman–Crippen LogP) is 5.76. The third-order valence-corrected chi connectivity index (χ3v) is 14.6. The largest absolute Gasteiger partial charge is 0.459 e. The average molecular weight is 870 g/mol. The molecule has 2 aromatic rings. The Morgan fingerprint density at radius 3 is 2.05 bits per heavy atom. The highest BCUT2D eigenvalue weighted by atomic mass is 16.7. The minimum atomic E-state index is -1.81. The van der Waals surface area contributed by atoms with Gasteiger partial charge in [0, 0.05) is 44.5 Å². The Kier molecular flexibility index (Phi) is 15.7. The van der Waals surface area contributed by atoms with E-state index in [4.69, 9.17) is 33.2 Å². The summed E-state index contributed by atoms with van der Waals surface area (Å²) in [5.74, 6) is -2.84. The maximum atomic E-state index is 14.6. The molecule has 7 unspecified atom stereocenters. The molecule has 4 heterocycles. The van der Waals surface area contributed by atoms with Crippen molar-refractivity contribution in [1.82, 2.24) is 4.90 Å². The summed E-state index contributed by atoms with van der Waals surface area (Å²) in [6, 6.07) is 20.1. The molecule has 2 aromatic carbocycles. The second-order valence-electron chi connectivity index (χ2n) is 19.7. The van der Waals surface area contributed by atoms with Crippen LogP contribution in [0.5, 0.6) is 0 Å². The smallest absolute Gasteiger partial charge is 0.311 e. The lowest BCUT2D eigenvalue weighted by molar-refractivity contribution is -0.319. The van der Waals surface area contributed by atoms with Crippen molar-refractivity contribution in [3.8, 4) is 0 Å². The van der Waals surface area contributed by atoms with Gasteiger partial charge in [0.2, 0.25) is 0 Å². The van der Waals surface area contributed by atoms with E-state index in [9.17, 15) is 25.2 Å². The number of aliphatic hydroxyl groups is 4. The maximum absolute atomic E-state index is 14.6. The molecule has 4 fully saturated rings. The summed E-state index contributed by atoms with van der Waals surface area (Å²) in [6.07, 6.45) is -8.04. The van der Waals surface area contributed by atoms with Crippen LogP contribution < -0.4 is 0 Å². The van der Waals surface area contributed by atoms with Gasteiger partial charge in [-0.05, 0) is 77.8 Å². The molecule has 0 radical (unpaired) electrons. The summed E-state index contributed by atoms with van der Waals surface area (Å²) < 4.78 is 46.2. The number of cyclic esters (lactones) is 1. The standard InChI is InChI=1S/C49H75NO12/c1-12-37(51)49(10,55)44-30(4)40-28(2)24-48(9,62-40)43(31(5)41(32(6)45(54)60-44)59-38-25-47(8,56-11)42(53)33(7)58-38)61-46-39(52)36(23-29(3)57-46)50(26-34-19-15-13-16-20-34)27-35-21-17-14-18-22-35/h13-22,28-33,36-44,46,51-53,55H,12,23-27H2,1-11H3/t28?,29?,30-,31-,32+,33?,36?,37+,38-,39?,40?,41-,42-,43+,44+,46-,47?,48+,49+/m0/s1. The summed E-state index contributed by atoms with van der Waals surface area (Å²) >= 11 is 0. The van der Waals surface area contributed by atoms with Crippen molar-refractivity contribution in [3.05, 3.63) is 71.8 Å². The molecule has 6 rings (SSSR count). The van der Waals surface area contributed by atoms with E-state index in [0.29, 0.717) is 25.9 Å². The molecular formula is C49H75NO12. The summed E-state index contributed by atoms with van der Waals surface area (Å²) in [5, 5.41) is 46.7. The number of carbonyl (C=O) groups is 1. The van der Waals surface area contributed by atoms with Gasteiger partial charge in [-0.2, -0.15) is 0 Å². The maximum Gasteiger partial charge on any atom is 0.311 e. The van der Waals surface area contributed by atoms with Crippen molar-refractivity contribution in [1.29, 1.82) is 0 Å². The topological polar surface area (TPSA) is 166 Å². The number of benzene rings is 2. The van der Waals surface area contributed by atoms with Crippen LogP contribution in [0.15, 0.2) is 60.7 Å². The molecule has 4 N–H and O–H groups in total. The van der Waals surface area contributed by atoms with Gasteiger partial charge in [-0.3, -0.25) is 9.69 Å². The zero-order valence-corrected chi connectivity index (χ0v) is 38.8. The number of aliphatic hydroxyl groups excluding tert-OH is 3. The Morgan fingerprint density at radius 1 is 0.887 bits per heavy atom. The first-order valence-corrected chi connectivity index (χ1v) is 22.9. The number of ether oxygens (including phenoxy) is 7. The Bertz CT molecular complexity index is 1690. The number of hydrogen-bond donors (Lipinski definition) is 4. The molecule has 4 aliphatic rings. The fraction of sp³-hybridized carbons (Fsp3) is 0.735. The van der Waals surface area contributed by atoms with Crippen molar-refractivity contribution in [2.45, 2.75) is 198 Å². The summed E-state index contributed by atoms with van der Waals surface area (Å²) in [4.78, 5) is 16.9. The van der Waals surface area contributed by atoms with Crippen molar-refractivity contribution in [2.75, 3.05) is 7.11 Å². The van der Waals surface area contributed by atoms with Crippen LogP contribution in [0, 0.1) is 23.7 Å². The van der Waals surface area contributed by atoms with Gasteiger partial charge in [-0.25, -0.2) is 0 Å². The molecule has 13 heteroatoms. The molecule has 62 heavy (non-hydrogen) atoms. The Morgan fingerprint density at radius 2 is 1.48 bits per heavy atom. The lowest BCUT2D eigenvalue weighted by Gasteiger charge is -2.49. The number of hydrogen-bond acceptors (Lipinski definition) is 13. The fourth-order valence-corrected chi connectivity index (χ4v) is 11.0. The highest BCUT2D eigenvalue weighted by Gasteiger charge is 2.59. The van der Waals surface area contributed by atoms with Crippen LogP contribution in [0.25, 0.3) is 0 Å². The Hall–Kier alpha value is -2.53. The molecular weight excluding hydrogens is 795 g/mol. The summed E-state index contributed by atoms with van der Waals surface area (Å²) in [7, 11) is 1.54. The summed E-state index contributed by atoms with van der Waals surface area (Å²) in [6.45, 7) is 19.6. The van der Waals surface area contributed by atoms with Crippen LogP contribution in [0.1, 0.15) is 106 Å². The van der Waals surface area contributed by atoms with Crippen LogP contribution in [0.4, 0.5) is 0 Å². The first kappa shape index (κ1) is 48.9. The zero-order chi connectivity index (χ0) is 45.3. The molecule has 348 valence electrons. The Balaban J connectivity index is 1.40. The monoisotopic (exact) mass is 870 g/mol.